The fraction of sp³-hybridized carbons (Fsp3) is 0.0769. The maximum Gasteiger partial charge on any atom is 0.180 e. The van der Waals surface area contributed by atoms with Crippen molar-refractivity contribution in [2.45, 2.75) is 0 Å². The Hall–Kier alpha value is -2.27. The molecule has 6 heteroatoms. The lowest BCUT2D eigenvalue weighted by molar-refractivity contribution is 0.475. The first-order chi connectivity index (χ1) is 9.17. The molecule has 0 atom stereocenters. The SMILES string of the molecule is CNc1ccc2[nH]c(-c3cc(O)ccc3Cl)nc2n1. The number of aromatic nitrogens is 3. The number of pyridine rings is 1. The molecule has 0 fully saturated rings. The minimum absolute atomic E-state index is 0.142. The first kappa shape index (κ1) is 11.8. The molecule has 1 aromatic carbocycles. The van der Waals surface area contributed by atoms with E-state index in [9.17, 15) is 5.11 Å². The lowest BCUT2D eigenvalue weighted by Gasteiger charge is -2.00. The van der Waals surface area contributed by atoms with Crippen LogP contribution >= 0.6 is 11.6 Å². The Morgan fingerprint density at radius 1 is 1.21 bits per heavy atom. The Morgan fingerprint density at radius 2 is 2.05 bits per heavy atom. The summed E-state index contributed by atoms with van der Waals surface area (Å²) in [5, 5.41) is 13.0. The van der Waals surface area contributed by atoms with Gasteiger partial charge in [0.25, 0.3) is 0 Å². The summed E-state index contributed by atoms with van der Waals surface area (Å²) < 4.78 is 0. The van der Waals surface area contributed by atoms with Crippen molar-refractivity contribution in [3.63, 3.8) is 0 Å². The zero-order valence-electron chi connectivity index (χ0n) is 10.1. The van der Waals surface area contributed by atoms with Crippen LogP contribution in [0.5, 0.6) is 5.75 Å². The number of rotatable bonds is 2. The number of phenolic OH excluding ortho intramolecular Hbond substituents is 1. The standard InChI is InChI=1S/C13H11ClN4O/c1-15-11-5-4-10-13(17-11)18-12(16-10)8-6-7(19)2-3-9(8)14/h2-6,19H,1H3,(H2,15,16,17,18). The Morgan fingerprint density at radius 3 is 2.84 bits per heavy atom. The number of fused-ring (bicyclic) bond motifs is 1. The third kappa shape index (κ3) is 2.08. The highest BCUT2D eigenvalue weighted by Crippen LogP contribution is 2.30. The van der Waals surface area contributed by atoms with Crippen LogP contribution in [0.2, 0.25) is 5.02 Å². The molecule has 0 unspecified atom stereocenters. The van der Waals surface area contributed by atoms with E-state index >= 15 is 0 Å². The third-order valence-corrected chi connectivity index (χ3v) is 3.14. The van der Waals surface area contributed by atoms with Crippen LogP contribution in [0.3, 0.4) is 0 Å². The van der Waals surface area contributed by atoms with E-state index in [0.717, 1.165) is 11.3 Å². The van der Waals surface area contributed by atoms with E-state index in [1.165, 1.54) is 6.07 Å². The van der Waals surface area contributed by atoms with Gasteiger partial charge in [-0.25, -0.2) is 9.97 Å². The molecule has 5 nitrogen and oxygen atoms in total. The van der Waals surface area contributed by atoms with Crippen LogP contribution in [0, 0.1) is 0 Å². The average molecular weight is 275 g/mol. The van der Waals surface area contributed by atoms with Gasteiger partial charge < -0.3 is 15.4 Å². The van der Waals surface area contributed by atoms with Crippen LogP contribution in [0.1, 0.15) is 0 Å². The van der Waals surface area contributed by atoms with Crippen molar-refractivity contribution >= 4 is 28.6 Å². The molecule has 19 heavy (non-hydrogen) atoms. The number of hydrogen-bond donors (Lipinski definition) is 3. The molecule has 2 aromatic heterocycles. The van der Waals surface area contributed by atoms with E-state index in [4.69, 9.17) is 11.6 Å². The van der Waals surface area contributed by atoms with Gasteiger partial charge in [0.2, 0.25) is 0 Å². The van der Waals surface area contributed by atoms with Crippen LogP contribution in [0.25, 0.3) is 22.6 Å². The fourth-order valence-electron chi connectivity index (χ4n) is 1.85. The van der Waals surface area contributed by atoms with Crippen molar-refractivity contribution in [1.29, 1.82) is 0 Å². The second-order valence-electron chi connectivity index (χ2n) is 4.07. The predicted molar refractivity (Wildman–Crippen MR) is 75.5 cm³/mol. The molecule has 0 radical (unpaired) electrons. The minimum Gasteiger partial charge on any atom is -0.508 e. The van der Waals surface area contributed by atoms with Gasteiger partial charge in [-0.05, 0) is 30.3 Å². The highest BCUT2D eigenvalue weighted by molar-refractivity contribution is 6.33. The van der Waals surface area contributed by atoms with Crippen molar-refractivity contribution in [2.75, 3.05) is 12.4 Å². The average Bonchev–Trinajstić information content (AvgIpc) is 2.83. The number of aromatic amines is 1. The second kappa shape index (κ2) is 4.44. The molecule has 0 aliphatic rings. The second-order valence-corrected chi connectivity index (χ2v) is 4.47. The van der Waals surface area contributed by atoms with Gasteiger partial charge in [-0.3, -0.25) is 0 Å². The summed E-state index contributed by atoms with van der Waals surface area (Å²) in [4.78, 5) is 11.9. The molecule has 0 saturated carbocycles. The number of imidazole rings is 1. The zero-order chi connectivity index (χ0) is 13.4. The third-order valence-electron chi connectivity index (χ3n) is 2.81. The molecule has 0 aliphatic heterocycles. The van der Waals surface area contributed by atoms with E-state index in [1.807, 2.05) is 12.1 Å². The number of nitrogens with zero attached hydrogens (tertiary/aromatic N) is 2. The van der Waals surface area contributed by atoms with Crippen LogP contribution in [0.15, 0.2) is 30.3 Å². The molecular formula is C13H11ClN4O. The lowest BCUT2D eigenvalue weighted by Crippen LogP contribution is -1.91. The molecule has 3 rings (SSSR count). The number of nitrogens with one attached hydrogen (secondary N) is 2. The summed E-state index contributed by atoms with van der Waals surface area (Å²) in [7, 11) is 1.80. The number of phenols is 1. The van der Waals surface area contributed by atoms with Gasteiger partial charge in [0.1, 0.15) is 17.4 Å². The molecule has 3 aromatic rings. The number of H-pyrrole nitrogens is 1. The molecule has 0 aliphatic carbocycles. The molecular weight excluding hydrogens is 264 g/mol. The van der Waals surface area contributed by atoms with E-state index in [0.29, 0.717) is 22.1 Å². The van der Waals surface area contributed by atoms with Crippen LogP contribution < -0.4 is 5.32 Å². The fourth-order valence-corrected chi connectivity index (χ4v) is 2.06. The largest absolute Gasteiger partial charge is 0.508 e. The Balaban J connectivity index is 2.17. The van der Waals surface area contributed by atoms with Gasteiger partial charge in [0.15, 0.2) is 5.65 Å². The van der Waals surface area contributed by atoms with Gasteiger partial charge in [-0.15, -0.1) is 0 Å². The molecule has 3 N–H and O–H groups in total. The van der Waals surface area contributed by atoms with E-state index < -0.39 is 0 Å². The van der Waals surface area contributed by atoms with Crippen molar-refractivity contribution in [3.8, 4) is 17.1 Å². The monoisotopic (exact) mass is 274 g/mol. The summed E-state index contributed by atoms with van der Waals surface area (Å²) in [5.74, 6) is 1.47. The quantitative estimate of drug-likeness (QED) is 0.671. The molecule has 0 spiro atoms. The highest BCUT2D eigenvalue weighted by atomic mass is 35.5. The molecule has 0 bridgehead atoms. The van der Waals surface area contributed by atoms with E-state index in [-0.39, 0.29) is 5.75 Å². The van der Waals surface area contributed by atoms with E-state index in [1.54, 1.807) is 19.2 Å². The zero-order valence-corrected chi connectivity index (χ0v) is 10.9. The van der Waals surface area contributed by atoms with Gasteiger partial charge in [0.05, 0.1) is 10.5 Å². The Labute approximate surface area is 114 Å². The van der Waals surface area contributed by atoms with Crippen molar-refractivity contribution in [1.82, 2.24) is 15.0 Å². The number of benzene rings is 1. The van der Waals surface area contributed by atoms with Gasteiger partial charge in [0, 0.05) is 12.6 Å². The molecule has 96 valence electrons. The topological polar surface area (TPSA) is 73.8 Å². The summed E-state index contributed by atoms with van der Waals surface area (Å²) in [6.45, 7) is 0. The van der Waals surface area contributed by atoms with Gasteiger partial charge >= 0.3 is 0 Å². The maximum atomic E-state index is 9.53. The van der Waals surface area contributed by atoms with Crippen molar-refractivity contribution in [2.24, 2.45) is 0 Å². The number of aromatic hydroxyl groups is 1. The number of halogens is 1. The summed E-state index contributed by atoms with van der Waals surface area (Å²) in [6, 6.07) is 8.48. The van der Waals surface area contributed by atoms with Gasteiger partial charge in [-0.2, -0.15) is 0 Å². The summed E-state index contributed by atoms with van der Waals surface area (Å²) in [5.41, 5.74) is 2.06. The van der Waals surface area contributed by atoms with E-state index in [2.05, 4.69) is 20.3 Å². The van der Waals surface area contributed by atoms with Crippen molar-refractivity contribution in [3.05, 3.63) is 35.4 Å². The Kier molecular flexibility index (Phi) is 2.76. The molecule has 0 amide bonds. The highest BCUT2D eigenvalue weighted by Gasteiger charge is 2.10. The minimum atomic E-state index is 0.142. The first-order valence-electron chi connectivity index (χ1n) is 5.71. The van der Waals surface area contributed by atoms with Crippen LogP contribution in [-0.2, 0) is 0 Å². The van der Waals surface area contributed by atoms with Gasteiger partial charge in [-0.1, -0.05) is 11.6 Å². The maximum absolute atomic E-state index is 9.53. The smallest absolute Gasteiger partial charge is 0.180 e. The first-order valence-corrected chi connectivity index (χ1v) is 6.08. The molecule has 2 heterocycles. The Bertz CT molecular complexity index is 753. The summed E-state index contributed by atoms with van der Waals surface area (Å²) >= 11 is 6.11. The van der Waals surface area contributed by atoms with Crippen LogP contribution in [0.4, 0.5) is 5.82 Å². The number of hydrogen-bond acceptors (Lipinski definition) is 4. The van der Waals surface area contributed by atoms with Crippen molar-refractivity contribution < 1.29 is 5.11 Å². The summed E-state index contributed by atoms with van der Waals surface area (Å²) in [6.07, 6.45) is 0. The van der Waals surface area contributed by atoms with Crippen LogP contribution in [-0.4, -0.2) is 27.1 Å². The molecule has 0 saturated heterocycles. The lowest BCUT2D eigenvalue weighted by atomic mass is 10.2. The normalized spacial score (nSPS) is 10.8. The predicted octanol–water partition coefficient (Wildman–Crippen LogP) is 3.03. The number of anilines is 1.